The van der Waals surface area contributed by atoms with Crippen molar-refractivity contribution in [3.8, 4) is 11.5 Å². The topological polar surface area (TPSA) is 91.7 Å². The van der Waals surface area contributed by atoms with Crippen molar-refractivity contribution >= 4 is 28.6 Å². The van der Waals surface area contributed by atoms with Crippen LogP contribution in [0.1, 0.15) is 18.9 Å². The van der Waals surface area contributed by atoms with Gasteiger partial charge in [-0.2, -0.15) is 0 Å². The van der Waals surface area contributed by atoms with E-state index in [0.717, 1.165) is 5.56 Å². The number of carbonyl (C=O) groups excluding carboxylic acids is 1. The van der Waals surface area contributed by atoms with Crippen LogP contribution >= 0.6 is 11.8 Å². The molecule has 174 valence electrons. The van der Waals surface area contributed by atoms with Crippen molar-refractivity contribution in [3.63, 3.8) is 0 Å². The molecule has 3 aromatic rings. The van der Waals surface area contributed by atoms with Crippen LogP contribution in [0.25, 0.3) is 10.9 Å². The molecule has 0 spiro atoms. The third-order valence-corrected chi connectivity index (χ3v) is 6.75. The fourth-order valence-corrected chi connectivity index (χ4v) is 4.67. The molecule has 0 saturated carbocycles. The van der Waals surface area contributed by atoms with Gasteiger partial charge < -0.3 is 19.5 Å². The summed E-state index contributed by atoms with van der Waals surface area (Å²) in [6, 6.07) is 13.4. The molecule has 1 aliphatic rings. The number of carbonyl (C=O) groups is 1. The highest BCUT2D eigenvalue weighted by molar-refractivity contribution is 8.00. The average Bonchev–Trinajstić information content (AvgIpc) is 3.29. The second kappa shape index (κ2) is 10.7. The van der Waals surface area contributed by atoms with Gasteiger partial charge in [0.2, 0.25) is 12.7 Å². The molecule has 1 atom stereocenters. The quantitative estimate of drug-likeness (QED) is 0.277. The standard InChI is InChI=1S/C24H27N3O5S/c1-3-21(22(28)25-10-12-30-2)33-24-26-18-14-20-19(31-15-32-20)13-17(18)23(29)27(24)11-9-16-7-5-4-6-8-16/h4-8,13-14,21H,3,9-12,15H2,1-2H3,(H,25,28). The number of methoxy groups -OCH3 is 1. The largest absolute Gasteiger partial charge is 0.454 e. The molecule has 4 rings (SSSR count). The highest BCUT2D eigenvalue weighted by atomic mass is 32.2. The lowest BCUT2D eigenvalue weighted by Crippen LogP contribution is -2.35. The number of benzene rings is 2. The number of fused-ring (bicyclic) bond motifs is 2. The van der Waals surface area contributed by atoms with Crippen molar-refractivity contribution in [2.75, 3.05) is 27.1 Å². The molecular formula is C24H27N3O5S. The minimum Gasteiger partial charge on any atom is -0.454 e. The van der Waals surface area contributed by atoms with Crippen LogP contribution in [0.3, 0.4) is 0 Å². The van der Waals surface area contributed by atoms with Crippen LogP contribution in [0.15, 0.2) is 52.4 Å². The lowest BCUT2D eigenvalue weighted by atomic mass is 10.1. The predicted molar refractivity (Wildman–Crippen MR) is 127 cm³/mol. The number of hydrogen-bond donors (Lipinski definition) is 1. The SMILES string of the molecule is CCC(Sc1nc2cc3c(cc2c(=O)n1CCc1ccccc1)OCO3)C(=O)NCCOC. The number of rotatable bonds is 10. The second-order valence-corrected chi connectivity index (χ2v) is 8.78. The smallest absolute Gasteiger partial charge is 0.262 e. The van der Waals surface area contributed by atoms with E-state index >= 15 is 0 Å². The molecule has 0 radical (unpaired) electrons. The lowest BCUT2D eigenvalue weighted by Gasteiger charge is -2.18. The summed E-state index contributed by atoms with van der Waals surface area (Å²) in [7, 11) is 1.59. The summed E-state index contributed by atoms with van der Waals surface area (Å²) in [5.74, 6) is 1.01. The maximum atomic E-state index is 13.5. The molecule has 1 aliphatic heterocycles. The Labute approximate surface area is 196 Å². The lowest BCUT2D eigenvalue weighted by molar-refractivity contribution is -0.120. The first-order valence-electron chi connectivity index (χ1n) is 10.9. The van der Waals surface area contributed by atoms with Gasteiger partial charge in [-0.25, -0.2) is 4.98 Å². The van der Waals surface area contributed by atoms with E-state index in [1.807, 2.05) is 37.3 Å². The zero-order valence-corrected chi connectivity index (χ0v) is 19.5. The summed E-state index contributed by atoms with van der Waals surface area (Å²) in [5, 5.41) is 3.47. The van der Waals surface area contributed by atoms with Gasteiger partial charge in [-0.3, -0.25) is 14.2 Å². The Morgan fingerprint density at radius 1 is 1.24 bits per heavy atom. The van der Waals surface area contributed by atoms with Crippen LogP contribution in [0.2, 0.25) is 0 Å². The first-order valence-corrected chi connectivity index (χ1v) is 11.8. The maximum Gasteiger partial charge on any atom is 0.262 e. The van der Waals surface area contributed by atoms with E-state index in [1.54, 1.807) is 23.8 Å². The molecule has 0 saturated heterocycles. The van der Waals surface area contributed by atoms with Gasteiger partial charge in [0.05, 0.1) is 22.8 Å². The summed E-state index contributed by atoms with van der Waals surface area (Å²) >= 11 is 1.31. The van der Waals surface area contributed by atoms with Gasteiger partial charge in [-0.15, -0.1) is 0 Å². The number of nitrogens with one attached hydrogen (secondary N) is 1. The van der Waals surface area contributed by atoms with E-state index in [2.05, 4.69) is 5.32 Å². The van der Waals surface area contributed by atoms with E-state index in [-0.39, 0.29) is 23.5 Å². The van der Waals surface area contributed by atoms with Crippen molar-refractivity contribution in [3.05, 3.63) is 58.4 Å². The van der Waals surface area contributed by atoms with Gasteiger partial charge in [0.25, 0.3) is 5.56 Å². The Bertz CT molecular complexity index is 1180. The molecule has 33 heavy (non-hydrogen) atoms. The number of amides is 1. The number of hydrogen-bond acceptors (Lipinski definition) is 7. The van der Waals surface area contributed by atoms with Gasteiger partial charge in [-0.1, -0.05) is 49.0 Å². The van der Waals surface area contributed by atoms with Gasteiger partial charge in [0.15, 0.2) is 16.7 Å². The summed E-state index contributed by atoms with van der Waals surface area (Å²) in [6.45, 7) is 3.39. The molecule has 2 heterocycles. The zero-order chi connectivity index (χ0) is 23.2. The normalized spacial score (nSPS) is 13.3. The third-order valence-electron chi connectivity index (χ3n) is 5.40. The monoisotopic (exact) mass is 469 g/mol. The van der Waals surface area contributed by atoms with Crippen LogP contribution in [0.5, 0.6) is 11.5 Å². The Hall–Kier alpha value is -3.04. The zero-order valence-electron chi connectivity index (χ0n) is 18.7. The van der Waals surface area contributed by atoms with Gasteiger partial charge in [-0.05, 0) is 24.5 Å². The summed E-state index contributed by atoms with van der Waals surface area (Å²) in [5.41, 5.74) is 1.49. The first kappa shape index (κ1) is 23.1. The van der Waals surface area contributed by atoms with Gasteiger partial charge in [0, 0.05) is 26.3 Å². The number of aryl methyl sites for hydroxylation is 1. The van der Waals surface area contributed by atoms with Crippen molar-refractivity contribution in [1.29, 1.82) is 0 Å². The van der Waals surface area contributed by atoms with Crippen molar-refractivity contribution in [1.82, 2.24) is 14.9 Å². The molecule has 8 nitrogen and oxygen atoms in total. The Balaban J connectivity index is 1.69. The fourth-order valence-electron chi connectivity index (χ4n) is 3.60. The molecule has 1 amide bonds. The minimum absolute atomic E-state index is 0.103. The molecule has 0 bridgehead atoms. The first-order chi connectivity index (χ1) is 16.1. The van der Waals surface area contributed by atoms with Crippen LogP contribution in [-0.4, -0.2) is 47.8 Å². The highest BCUT2D eigenvalue weighted by Crippen LogP contribution is 2.35. The Morgan fingerprint density at radius 3 is 2.73 bits per heavy atom. The van der Waals surface area contributed by atoms with Gasteiger partial charge >= 0.3 is 0 Å². The van der Waals surface area contributed by atoms with Crippen molar-refractivity contribution in [2.45, 2.75) is 36.7 Å². The summed E-state index contributed by atoms with van der Waals surface area (Å²) < 4.78 is 17.6. The Morgan fingerprint density at radius 2 is 2.00 bits per heavy atom. The van der Waals surface area contributed by atoms with Crippen LogP contribution in [0, 0.1) is 0 Å². The van der Waals surface area contributed by atoms with E-state index in [4.69, 9.17) is 19.2 Å². The number of ether oxygens (including phenoxy) is 3. The number of thioether (sulfide) groups is 1. The molecule has 0 fully saturated rings. The average molecular weight is 470 g/mol. The number of nitrogens with zero attached hydrogens (tertiary/aromatic N) is 2. The predicted octanol–water partition coefficient (Wildman–Crippen LogP) is 3.00. The number of aromatic nitrogens is 2. The van der Waals surface area contributed by atoms with E-state index in [1.165, 1.54) is 11.8 Å². The highest BCUT2D eigenvalue weighted by Gasteiger charge is 2.23. The molecule has 9 heteroatoms. The fraction of sp³-hybridized carbons (Fsp3) is 0.375. The maximum absolute atomic E-state index is 13.5. The molecule has 0 aliphatic carbocycles. The Kier molecular flexibility index (Phi) is 7.51. The van der Waals surface area contributed by atoms with E-state index in [0.29, 0.717) is 60.1 Å². The van der Waals surface area contributed by atoms with Gasteiger partial charge in [0.1, 0.15) is 0 Å². The van der Waals surface area contributed by atoms with E-state index in [9.17, 15) is 9.59 Å². The minimum atomic E-state index is -0.386. The van der Waals surface area contributed by atoms with Crippen molar-refractivity contribution < 1.29 is 19.0 Å². The van der Waals surface area contributed by atoms with Crippen LogP contribution in [0.4, 0.5) is 0 Å². The molecule has 2 aromatic carbocycles. The van der Waals surface area contributed by atoms with Crippen molar-refractivity contribution in [2.24, 2.45) is 0 Å². The third kappa shape index (κ3) is 5.31. The van der Waals surface area contributed by atoms with Crippen LogP contribution < -0.4 is 20.3 Å². The van der Waals surface area contributed by atoms with Crippen LogP contribution in [-0.2, 0) is 22.5 Å². The molecule has 1 unspecified atom stereocenters. The summed E-state index contributed by atoms with van der Waals surface area (Å²) in [4.78, 5) is 31.0. The van der Waals surface area contributed by atoms with E-state index < -0.39 is 0 Å². The molecular weight excluding hydrogens is 442 g/mol. The molecule has 1 N–H and O–H groups in total. The second-order valence-electron chi connectivity index (χ2n) is 7.61. The summed E-state index contributed by atoms with van der Waals surface area (Å²) in [6.07, 6.45) is 1.26. The molecule has 1 aromatic heterocycles.